The van der Waals surface area contributed by atoms with Crippen molar-refractivity contribution in [1.82, 2.24) is 19.5 Å². The van der Waals surface area contributed by atoms with Gasteiger partial charge in [-0.15, -0.1) is 11.3 Å². The van der Waals surface area contributed by atoms with Crippen molar-refractivity contribution < 1.29 is 22.7 Å². The predicted octanol–water partition coefficient (Wildman–Crippen LogP) is 2.92. The molecular weight excluding hydrogens is 502 g/mol. The van der Waals surface area contributed by atoms with Gasteiger partial charge in [-0.25, -0.2) is 17.9 Å². The number of rotatable bonds is 6. The second-order valence-corrected chi connectivity index (χ2v) is 12.0. The number of thiophene rings is 1. The molecule has 0 saturated carbocycles. The molecule has 190 valence electrons. The van der Waals surface area contributed by atoms with Crippen molar-refractivity contribution in [1.29, 1.82) is 0 Å². The molecule has 1 saturated heterocycles. The average molecular weight is 530 g/mol. The summed E-state index contributed by atoms with van der Waals surface area (Å²) < 4.78 is 37.9. The van der Waals surface area contributed by atoms with E-state index in [1.807, 2.05) is 19.9 Å². The third kappa shape index (κ3) is 4.18. The standard InChI is InChI=1S/C24H27N5O5S2/c1-4-34-12-16-19(18-11-15-9-14(2)10-17(33-3)22(15)35-18)21-23(25)26-13-27-29(21)20(16)24(30)28-5-7-36(31,32)8-6-28/h9-11,13H,4-8,12H2,1-3H3,(H2,25,26,27). The molecule has 36 heavy (non-hydrogen) atoms. The lowest BCUT2D eigenvalue weighted by molar-refractivity contribution is 0.0753. The lowest BCUT2D eigenvalue weighted by Crippen LogP contribution is -2.44. The van der Waals surface area contributed by atoms with Gasteiger partial charge in [-0.05, 0) is 36.9 Å². The number of hydrogen-bond acceptors (Lipinski definition) is 9. The zero-order valence-electron chi connectivity index (χ0n) is 20.3. The van der Waals surface area contributed by atoms with Gasteiger partial charge >= 0.3 is 0 Å². The fourth-order valence-corrected chi connectivity index (χ4v) is 7.00. The van der Waals surface area contributed by atoms with E-state index in [2.05, 4.69) is 22.2 Å². The summed E-state index contributed by atoms with van der Waals surface area (Å²) in [5.74, 6) is 0.558. The molecule has 3 aromatic heterocycles. The molecule has 1 aliphatic heterocycles. The van der Waals surface area contributed by atoms with Gasteiger partial charge in [0.25, 0.3) is 5.91 Å². The number of ether oxygens (including phenoxy) is 2. The molecule has 0 unspecified atom stereocenters. The summed E-state index contributed by atoms with van der Waals surface area (Å²) >= 11 is 1.53. The molecule has 4 heterocycles. The van der Waals surface area contributed by atoms with Crippen LogP contribution in [-0.2, 0) is 21.2 Å². The zero-order valence-corrected chi connectivity index (χ0v) is 21.9. The maximum atomic E-state index is 13.8. The minimum Gasteiger partial charge on any atom is -0.495 e. The molecule has 2 N–H and O–H groups in total. The SMILES string of the molecule is CCOCc1c(-c2cc3cc(C)cc(OC)c3s2)c2c(N)ncnn2c1C(=O)N1CCS(=O)(=O)CC1. The van der Waals surface area contributed by atoms with E-state index >= 15 is 0 Å². The Bertz CT molecular complexity index is 1580. The zero-order chi connectivity index (χ0) is 25.6. The van der Waals surface area contributed by atoms with Crippen molar-refractivity contribution in [3.8, 4) is 16.2 Å². The van der Waals surface area contributed by atoms with Crippen LogP contribution < -0.4 is 10.5 Å². The number of nitrogens with zero attached hydrogens (tertiary/aromatic N) is 4. The second kappa shape index (κ2) is 9.34. The number of carbonyl (C=O) groups excluding carboxylic acids is 1. The van der Waals surface area contributed by atoms with E-state index in [4.69, 9.17) is 15.2 Å². The smallest absolute Gasteiger partial charge is 0.273 e. The molecule has 0 aliphatic carbocycles. The fourth-order valence-electron chi connectivity index (χ4n) is 4.59. The lowest BCUT2D eigenvalue weighted by atomic mass is 10.1. The Hall–Kier alpha value is -3.22. The Morgan fingerprint density at radius 2 is 1.97 bits per heavy atom. The lowest BCUT2D eigenvalue weighted by Gasteiger charge is -2.27. The largest absolute Gasteiger partial charge is 0.495 e. The van der Waals surface area contributed by atoms with E-state index < -0.39 is 9.84 Å². The summed E-state index contributed by atoms with van der Waals surface area (Å²) in [7, 11) is -1.51. The minimum atomic E-state index is -3.15. The molecule has 0 atom stereocenters. The fraction of sp³-hybridized carbons (Fsp3) is 0.375. The summed E-state index contributed by atoms with van der Waals surface area (Å²) in [6, 6.07) is 6.12. The number of aromatic nitrogens is 3. The molecule has 10 nitrogen and oxygen atoms in total. The summed E-state index contributed by atoms with van der Waals surface area (Å²) in [6.45, 7) is 4.74. The Kier molecular flexibility index (Phi) is 6.35. The van der Waals surface area contributed by atoms with E-state index in [9.17, 15) is 13.2 Å². The van der Waals surface area contributed by atoms with E-state index in [0.29, 0.717) is 23.4 Å². The van der Waals surface area contributed by atoms with Crippen LogP contribution in [0.1, 0.15) is 28.5 Å². The van der Waals surface area contributed by atoms with Crippen molar-refractivity contribution in [2.45, 2.75) is 20.5 Å². The quantitative estimate of drug-likeness (QED) is 0.404. The molecule has 0 spiro atoms. The van der Waals surface area contributed by atoms with Gasteiger partial charge in [-0.2, -0.15) is 5.10 Å². The van der Waals surface area contributed by atoms with Crippen LogP contribution in [-0.4, -0.2) is 72.1 Å². The average Bonchev–Trinajstić information content (AvgIpc) is 3.41. The van der Waals surface area contributed by atoms with Crippen LogP contribution in [0.25, 0.3) is 26.0 Å². The van der Waals surface area contributed by atoms with Crippen molar-refractivity contribution >= 4 is 48.5 Å². The Labute approximate surface area is 212 Å². The van der Waals surface area contributed by atoms with Crippen LogP contribution in [0.4, 0.5) is 5.82 Å². The minimum absolute atomic E-state index is 0.0672. The molecule has 0 radical (unpaired) electrons. The molecule has 5 rings (SSSR count). The maximum absolute atomic E-state index is 13.8. The summed E-state index contributed by atoms with van der Waals surface area (Å²) in [5.41, 5.74) is 9.62. The highest BCUT2D eigenvalue weighted by atomic mass is 32.2. The van der Waals surface area contributed by atoms with Gasteiger partial charge in [0.2, 0.25) is 0 Å². The highest BCUT2D eigenvalue weighted by Crippen LogP contribution is 2.44. The van der Waals surface area contributed by atoms with Gasteiger partial charge in [-0.1, -0.05) is 6.07 Å². The number of amides is 1. The molecule has 1 fully saturated rings. The van der Waals surface area contributed by atoms with Crippen molar-refractivity contribution in [2.75, 3.05) is 44.0 Å². The van der Waals surface area contributed by atoms with Gasteiger partial charge < -0.3 is 20.1 Å². The van der Waals surface area contributed by atoms with Crippen molar-refractivity contribution in [2.24, 2.45) is 0 Å². The third-order valence-electron chi connectivity index (χ3n) is 6.33. The molecule has 0 bridgehead atoms. The Morgan fingerprint density at radius 3 is 2.67 bits per heavy atom. The van der Waals surface area contributed by atoms with Crippen LogP contribution in [0.3, 0.4) is 0 Å². The number of carbonyl (C=O) groups is 1. The van der Waals surface area contributed by atoms with Gasteiger partial charge in [0, 0.05) is 35.7 Å². The summed E-state index contributed by atoms with van der Waals surface area (Å²) in [6.07, 6.45) is 1.31. The maximum Gasteiger partial charge on any atom is 0.273 e. The number of sulfone groups is 1. The summed E-state index contributed by atoms with van der Waals surface area (Å²) in [4.78, 5) is 20.5. The van der Waals surface area contributed by atoms with Crippen LogP contribution >= 0.6 is 11.3 Å². The summed E-state index contributed by atoms with van der Waals surface area (Å²) in [5, 5.41) is 5.40. The van der Waals surface area contributed by atoms with Crippen LogP contribution in [0.15, 0.2) is 24.5 Å². The highest BCUT2D eigenvalue weighted by Gasteiger charge is 2.33. The molecule has 1 aliphatic rings. The number of benzene rings is 1. The number of aryl methyl sites for hydroxylation is 1. The molecule has 4 aromatic rings. The second-order valence-electron chi connectivity index (χ2n) is 8.69. The number of nitrogens with two attached hydrogens (primary N) is 1. The van der Waals surface area contributed by atoms with Crippen LogP contribution in [0.2, 0.25) is 0 Å². The normalized spacial score (nSPS) is 15.6. The van der Waals surface area contributed by atoms with E-state index in [-0.39, 0.29) is 42.9 Å². The van der Waals surface area contributed by atoms with Gasteiger partial charge in [0.1, 0.15) is 23.3 Å². The topological polar surface area (TPSA) is 129 Å². The van der Waals surface area contributed by atoms with Crippen molar-refractivity contribution in [3.63, 3.8) is 0 Å². The van der Waals surface area contributed by atoms with Gasteiger partial charge in [0.15, 0.2) is 15.7 Å². The molecule has 1 aromatic carbocycles. The predicted molar refractivity (Wildman–Crippen MR) is 139 cm³/mol. The number of nitrogen functional groups attached to an aromatic ring is 1. The first-order chi connectivity index (χ1) is 17.2. The molecular formula is C24H27N5O5S2. The first-order valence-corrected chi connectivity index (χ1v) is 14.2. The number of fused-ring (bicyclic) bond motifs is 2. The van der Waals surface area contributed by atoms with Gasteiger partial charge in [-0.3, -0.25) is 4.79 Å². The molecule has 1 amide bonds. The monoisotopic (exact) mass is 529 g/mol. The van der Waals surface area contributed by atoms with Crippen molar-refractivity contribution in [3.05, 3.63) is 41.3 Å². The first kappa shape index (κ1) is 24.5. The van der Waals surface area contributed by atoms with Gasteiger partial charge in [0.05, 0.1) is 29.9 Å². The number of anilines is 1. The number of hydrogen-bond donors (Lipinski definition) is 1. The number of methoxy groups -OCH3 is 1. The van der Waals surface area contributed by atoms with E-state index in [1.54, 1.807) is 12.0 Å². The highest BCUT2D eigenvalue weighted by molar-refractivity contribution is 7.91. The Morgan fingerprint density at radius 1 is 1.22 bits per heavy atom. The van der Waals surface area contributed by atoms with Crippen LogP contribution in [0.5, 0.6) is 5.75 Å². The molecule has 12 heteroatoms. The first-order valence-electron chi connectivity index (χ1n) is 11.5. The van der Waals surface area contributed by atoms with Crippen LogP contribution in [0, 0.1) is 6.92 Å². The third-order valence-corrected chi connectivity index (χ3v) is 9.12. The van der Waals surface area contributed by atoms with E-state index in [1.165, 1.54) is 22.2 Å². The Balaban J connectivity index is 1.76. The van der Waals surface area contributed by atoms with E-state index in [0.717, 1.165) is 31.8 Å².